The van der Waals surface area contributed by atoms with Crippen molar-refractivity contribution in [2.24, 2.45) is 17.8 Å². The van der Waals surface area contributed by atoms with E-state index in [-0.39, 0.29) is 23.7 Å². The Morgan fingerprint density at radius 3 is 2.37 bits per heavy atom. The average molecular weight is 279 g/mol. The summed E-state index contributed by atoms with van der Waals surface area (Å²) in [5, 5.41) is 0.468. The highest BCUT2D eigenvalue weighted by atomic mass is 35.5. The van der Waals surface area contributed by atoms with Crippen LogP contribution in [0.15, 0.2) is 18.2 Å². The van der Waals surface area contributed by atoms with E-state index in [2.05, 4.69) is 6.92 Å². The van der Waals surface area contributed by atoms with Crippen molar-refractivity contribution in [3.63, 3.8) is 0 Å². The summed E-state index contributed by atoms with van der Waals surface area (Å²) >= 11 is 5.93. The third-order valence-corrected chi connectivity index (χ3v) is 4.34. The summed E-state index contributed by atoms with van der Waals surface area (Å²) in [6.07, 6.45) is 1.57. The van der Waals surface area contributed by atoms with Gasteiger partial charge in [0, 0.05) is 5.02 Å². The molecular formula is C14H15ClN2O2. The first-order valence-electron chi connectivity index (χ1n) is 6.42. The van der Waals surface area contributed by atoms with Crippen LogP contribution in [0.3, 0.4) is 0 Å². The van der Waals surface area contributed by atoms with Crippen LogP contribution in [0.25, 0.3) is 0 Å². The van der Waals surface area contributed by atoms with E-state index in [0.717, 1.165) is 12.8 Å². The molecule has 19 heavy (non-hydrogen) atoms. The largest absolute Gasteiger partial charge is 0.397 e. The van der Waals surface area contributed by atoms with Crippen molar-refractivity contribution in [3.8, 4) is 0 Å². The average Bonchev–Trinajstić information content (AvgIpc) is 2.84. The van der Waals surface area contributed by atoms with Gasteiger partial charge in [-0.3, -0.25) is 9.59 Å². The van der Waals surface area contributed by atoms with Crippen molar-refractivity contribution < 1.29 is 9.59 Å². The van der Waals surface area contributed by atoms with Gasteiger partial charge in [0.05, 0.1) is 23.2 Å². The lowest BCUT2D eigenvalue weighted by atomic mass is 10.00. The van der Waals surface area contributed by atoms with Gasteiger partial charge in [-0.25, -0.2) is 4.90 Å². The van der Waals surface area contributed by atoms with Crippen LogP contribution in [-0.4, -0.2) is 11.8 Å². The van der Waals surface area contributed by atoms with E-state index in [9.17, 15) is 9.59 Å². The maximum Gasteiger partial charge on any atom is 0.237 e. The van der Waals surface area contributed by atoms with Crippen molar-refractivity contribution in [2.45, 2.75) is 19.8 Å². The lowest BCUT2D eigenvalue weighted by molar-refractivity contribution is -0.123. The molecule has 5 heteroatoms. The highest BCUT2D eigenvalue weighted by molar-refractivity contribution is 6.32. The molecule has 1 saturated heterocycles. The van der Waals surface area contributed by atoms with Crippen LogP contribution in [0.2, 0.25) is 5.02 Å². The quantitative estimate of drug-likeness (QED) is 0.634. The first kappa shape index (κ1) is 12.5. The molecule has 100 valence electrons. The molecule has 1 heterocycles. The fourth-order valence-corrected chi connectivity index (χ4v) is 3.39. The van der Waals surface area contributed by atoms with Gasteiger partial charge in [0.15, 0.2) is 0 Å². The molecule has 1 aliphatic carbocycles. The number of benzene rings is 1. The van der Waals surface area contributed by atoms with Crippen molar-refractivity contribution in [2.75, 3.05) is 10.6 Å². The zero-order chi connectivity index (χ0) is 13.7. The number of imide groups is 1. The standard InChI is InChI=1S/C14H15ClN2O2/c1-7-4-9-10(5-7)14(19)17(13(9)18)12-6-8(15)2-3-11(12)16/h2-3,6-7,9-10H,4-5,16H2,1H3. The number of nitrogens with two attached hydrogens (primary N) is 1. The zero-order valence-electron chi connectivity index (χ0n) is 10.6. The van der Waals surface area contributed by atoms with Gasteiger partial charge in [0.2, 0.25) is 11.8 Å². The Morgan fingerprint density at radius 1 is 1.21 bits per heavy atom. The highest BCUT2D eigenvalue weighted by Gasteiger charge is 2.52. The number of hydrogen-bond donors (Lipinski definition) is 1. The Hall–Kier alpha value is -1.55. The second-order valence-electron chi connectivity index (χ2n) is 5.50. The number of carbonyl (C=O) groups is 2. The SMILES string of the molecule is CC1CC2C(=O)N(c3cc(Cl)ccc3N)C(=O)C2C1. The fourth-order valence-electron chi connectivity index (χ4n) is 3.23. The van der Waals surface area contributed by atoms with Gasteiger partial charge in [-0.2, -0.15) is 0 Å². The van der Waals surface area contributed by atoms with E-state index < -0.39 is 0 Å². The van der Waals surface area contributed by atoms with Crippen LogP contribution in [0.5, 0.6) is 0 Å². The van der Waals surface area contributed by atoms with Gasteiger partial charge in [0.1, 0.15) is 0 Å². The second-order valence-corrected chi connectivity index (χ2v) is 5.94. The number of fused-ring (bicyclic) bond motifs is 1. The summed E-state index contributed by atoms with van der Waals surface area (Å²) in [6.45, 7) is 2.08. The van der Waals surface area contributed by atoms with E-state index in [4.69, 9.17) is 17.3 Å². The minimum absolute atomic E-state index is 0.131. The summed E-state index contributed by atoms with van der Waals surface area (Å²) < 4.78 is 0. The Kier molecular flexibility index (Phi) is 2.78. The molecule has 2 unspecified atom stereocenters. The molecule has 0 spiro atoms. The first-order valence-corrected chi connectivity index (χ1v) is 6.79. The molecule has 1 aromatic carbocycles. The molecule has 2 aliphatic rings. The Labute approximate surface area is 116 Å². The number of carbonyl (C=O) groups excluding carboxylic acids is 2. The van der Waals surface area contributed by atoms with E-state index in [1.165, 1.54) is 4.90 Å². The van der Waals surface area contributed by atoms with Gasteiger partial charge in [-0.05, 0) is 37.0 Å². The van der Waals surface area contributed by atoms with E-state index in [1.54, 1.807) is 18.2 Å². The van der Waals surface area contributed by atoms with Crippen LogP contribution in [-0.2, 0) is 9.59 Å². The van der Waals surface area contributed by atoms with Crippen molar-refractivity contribution in [1.82, 2.24) is 0 Å². The molecule has 1 aliphatic heterocycles. The predicted molar refractivity (Wildman–Crippen MR) is 73.7 cm³/mol. The molecule has 2 amide bonds. The minimum Gasteiger partial charge on any atom is -0.397 e. The monoisotopic (exact) mass is 278 g/mol. The van der Waals surface area contributed by atoms with Crippen LogP contribution < -0.4 is 10.6 Å². The molecule has 0 bridgehead atoms. The third-order valence-electron chi connectivity index (χ3n) is 4.11. The molecule has 2 N–H and O–H groups in total. The zero-order valence-corrected chi connectivity index (χ0v) is 11.4. The van der Waals surface area contributed by atoms with Crippen molar-refractivity contribution in [3.05, 3.63) is 23.2 Å². The van der Waals surface area contributed by atoms with Crippen LogP contribution in [0.4, 0.5) is 11.4 Å². The summed E-state index contributed by atoms with van der Waals surface area (Å²) in [7, 11) is 0. The second kappa shape index (κ2) is 4.23. The van der Waals surface area contributed by atoms with Gasteiger partial charge >= 0.3 is 0 Å². The Morgan fingerprint density at radius 2 is 1.79 bits per heavy atom. The maximum atomic E-state index is 12.4. The number of halogens is 1. The molecule has 4 nitrogen and oxygen atoms in total. The van der Waals surface area contributed by atoms with Crippen LogP contribution in [0.1, 0.15) is 19.8 Å². The fraction of sp³-hybridized carbons (Fsp3) is 0.429. The highest BCUT2D eigenvalue weighted by Crippen LogP contribution is 2.45. The summed E-state index contributed by atoms with van der Waals surface area (Å²) in [6, 6.07) is 4.85. The number of hydrogen-bond acceptors (Lipinski definition) is 3. The van der Waals surface area contributed by atoms with Gasteiger partial charge in [-0.15, -0.1) is 0 Å². The molecule has 3 rings (SSSR count). The van der Waals surface area contributed by atoms with Gasteiger partial charge in [0.25, 0.3) is 0 Å². The molecule has 0 aromatic heterocycles. The molecule has 1 aromatic rings. The van der Waals surface area contributed by atoms with E-state index in [1.807, 2.05) is 0 Å². The minimum atomic E-state index is -0.180. The first-order chi connectivity index (χ1) is 8.99. The normalized spacial score (nSPS) is 30.0. The lowest BCUT2D eigenvalue weighted by Gasteiger charge is -2.19. The van der Waals surface area contributed by atoms with Crippen LogP contribution in [0, 0.1) is 17.8 Å². The summed E-state index contributed by atoms with van der Waals surface area (Å²) in [5.74, 6) is -0.190. The topological polar surface area (TPSA) is 63.4 Å². The number of rotatable bonds is 1. The smallest absolute Gasteiger partial charge is 0.237 e. The number of nitrogen functional groups attached to an aromatic ring is 1. The summed E-state index contributed by atoms with van der Waals surface area (Å²) in [4.78, 5) is 26.1. The molecular weight excluding hydrogens is 264 g/mol. The van der Waals surface area contributed by atoms with Crippen molar-refractivity contribution >= 4 is 34.8 Å². The maximum absolute atomic E-state index is 12.4. The number of anilines is 2. The van der Waals surface area contributed by atoms with E-state index in [0.29, 0.717) is 22.3 Å². The lowest BCUT2D eigenvalue weighted by Crippen LogP contribution is -2.32. The number of nitrogens with zero attached hydrogens (tertiary/aromatic N) is 1. The number of amides is 2. The van der Waals surface area contributed by atoms with Gasteiger partial charge in [-0.1, -0.05) is 18.5 Å². The van der Waals surface area contributed by atoms with Gasteiger partial charge < -0.3 is 5.73 Å². The molecule has 2 fully saturated rings. The summed E-state index contributed by atoms with van der Waals surface area (Å²) in [5.41, 5.74) is 6.69. The Balaban J connectivity index is 2.01. The van der Waals surface area contributed by atoms with Crippen LogP contribution >= 0.6 is 11.6 Å². The molecule has 0 radical (unpaired) electrons. The molecule has 1 saturated carbocycles. The third kappa shape index (κ3) is 1.82. The molecule has 2 atom stereocenters. The Bertz CT molecular complexity index is 549. The predicted octanol–water partition coefficient (Wildman–Crippen LogP) is 2.46. The van der Waals surface area contributed by atoms with E-state index >= 15 is 0 Å². The van der Waals surface area contributed by atoms with Crippen molar-refractivity contribution in [1.29, 1.82) is 0 Å².